The highest BCUT2D eigenvalue weighted by Gasteiger charge is 2.31. The maximum Gasteiger partial charge on any atom is 0.286 e. The molecular formula is C23H20N8O3S. The molecule has 11 nitrogen and oxygen atoms in total. The smallest absolute Gasteiger partial charge is 0.286 e. The fourth-order valence-electron chi connectivity index (χ4n) is 3.45. The van der Waals surface area contributed by atoms with Crippen LogP contribution in [0.1, 0.15) is 18.1 Å². The Morgan fingerprint density at radius 2 is 2.09 bits per heavy atom. The second-order valence-electron chi connectivity index (χ2n) is 7.67. The molecule has 0 spiro atoms. The Morgan fingerprint density at radius 3 is 2.80 bits per heavy atom. The number of pyridine rings is 1. The van der Waals surface area contributed by atoms with E-state index < -0.39 is 5.25 Å². The van der Waals surface area contributed by atoms with Crippen LogP contribution in [0.2, 0.25) is 0 Å². The van der Waals surface area contributed by atoms with Gasteiger partial charge in [0, 0.05) is 45.9 Å². The number of amides is 3. The average molecular weight is 489 g/mol. The monoisotopic (exact) mass is 488 g/mol. The highest BCUT2D eigenvalue weighted by atomic mass is 32.2. The van der Waals surface area contributed by atoms with Crippen LogP contribution >= 0.6 is 11.8 Å². The Morgan fingerprint density at radius 1 is 1.29 bits per heavy atom. The van der Waals surface area contributed by atoms with Gasteiger partial charge in [-0.2, -0.15) is 5.10 Å². The number of nitrogens with one attached hydrogen (secondary N) is 2. The van der Waals surface area contributed by atoms with E-state index in [2.05, 4.69) is 30.7 Å². The van der Waals surface area contributed by atoms with Crippen molar-refractivity contribution in [2.24, 2.45) is 5.11 Å². The van der Waals surface area contributed by atoms with Crippen molar-refractivity contribution >= 4 is 40.6 Å². The standard InChI is InChI=1S/C23H20N8O3S/c1-14(8-16-10-25-7-6-19(16)17-11-27-31(12-17)13-26-30-24)21(32)28-18-4-2-15(3-5-18)9-20-22(33)29-23(34)35-20/h2-8,10-12,20H,9,13H2,1H3,(H,28,32)(H,29,33,34)/b14-8+. The lowest BCUT2D eigenvalue weighted by molar-refractivity contribution is -0.119. The van der Waals surface area contributed by atoms with Gasteiger partial charge in [-0.05, 0) is 54.3 Å². The summed E-state index contributed by atoms with van der Waals surface area (Å²) in [5.41, 5.74) is 12.8. The molecule has 176 valence electrons. The van der Waals surface area contributed by atoms with Crippen molar-refractivity contribution in [1.82, 2.24) is 20.1 Å². The van der Waals surface area contributed by atoms with Gasteiger partial charge in [-0.15, -0.1) is 0 Å². The van der Waals surface area contributed by atoms with Crippen molar-refractivity contribution in [2.75, 3.05) is 5.32 Å². The lowest BCUT2D eigenvalue weighted by Gasteiger charge is -2.09. The third kappa shape index (κ3) is 5.94. The predicted octanol–water partition coefficient (Wildman–Crippen LogP) is 4.15. The van der Waals surface area contributed by atoms with E-state index in [0.29, 0.717) is 17.7 Å². The van der Waals surface area contributed by atoms with Crippen molar-refractivity contribution in [1.29, 1.82) is 0 Å². The number of benzene rings is 1. The number of anilines is 1. The van der Waals surface area contributed by atoms with Crippen molar-refractivity contribution in [3.05, 3.63) is 82.3 Å². The lowest BCUT2D eigenvalue weighted by atomic mass is 10.0. The van der Waals surface area contributed by atoms with E-state index in [1.165, 1.54) is 4.68 Å². The van der Waals surface area contributed by atoms with Crippen LogP contribution in [0.25, 0.3) is 27.6 Å². The van der Waals surface area contributed by atoms with Gasteiger partial charge in [-0.3, -0.25) is 29.4 Å². The Bertz CT molecular complexity index is 1360. The second kappa shape index (κ2) is 10.7. The van der Waals surface area contributed by atoms with Crippen LogP contribution in [0.15, 0.2) is 65.8 Å². The molecule has 1 unspecified atom stereocenters. The molecule has 2 N–H and O–H groups in total. The van der Waals surface area contributed by atoms with Crippen molar-refractivity contribution in [3.8, 4) is 11.1 Å². The normalized spacial score (nSPS) is 15.5. The van der Waals surface area contributed by atoms with Gasteiger partial charge >= 0.3 is 0 Å². The van der Waals surface area contributed by atoms with Gasteiger partial charge in [-0.25, -0.2) is 0 Å². The predicted molar refractivity (Wildman–Crippen MR) is 132 cm³/mol. The van der Waals surface area contributed by atoms with Crippen molar-refractivity contribution < 1.29 is 14.4 Å². The summed E-state index contributed by atoms with van der Waals surface area (Å²) < 4.78 is 1.52. The largest absolute Gasteiger partial charge is 0.322 e. The number of azide groups is 1. The first-order chi connectivity index (χ1) is 16.9. The zero-order valence-electron chi connectivity index (χ0n) is 18.6. The van der Waals surface area contributed by atoms with E-state index in [0.717, 1.165) is 34.0 Å². The first-order valence-electron chi connectivity index (χ1n) is 10.5. The number of carbonyl (C=O) groups excluding carboxylic acids is 3. The minimum atomic E-state index is -0.437. The summed E-state index contributed by atoms with van der Waals surface area (Å²) in [5, 5.41) is 12.0. The number of rotatable bonds is 8. The molecule has 35 heavy (non-hydrogen) atoms. The van der Waals surface area contributed by atoms with Gasteiger partial charge in [0.05, 0.1) is 11.4 Å². The number of nitrogens with zero attached hydrogens (tertiary/aromatic N) is 6. The molecule has 1 aromatic carbocycles. The third-order valence-corrected chi connectivity index (χ3v) is 6.18. The van der Waals surface area contributed by atoms with Crippen LogP contribution in [0.5, 0.6) is 0 Å². The molecule has 0 saturated carbocycles. The van der Waals surface area contributed by atoms with Gasteiger partial charge in [0.1, 0.15) is 6.67 Å². The van der Waals surface area contributed by atoms with Gasteiger partial charge in [0.25, 0.3) is 11.1 Å². The van der Waals surface area contributed by atoms with Gasteiger partial charge in [0.2, 0.25) is 5.91 Å². The maximum atomic E-state index is 12.8. The topological polar surface area (TPSA) is 155 Å². The summed E-state index contributed by atoms with van der Waals surface area (Å²) in [6, 6.07) is 8.97. The average Bonchev–Trinajstić information content (AvgIpc) is 3.44. The number of hydrogen-bond acceptors (Lipinski definition) is 7. The third-order valence-electron chi connectivity index (χ3n) is 5.20. The van der Waals surface area contributed by atoms with E-state index in [1.807, 2.05) is 18.2 Å². The van der Waals surface area contributed by atoms with E-state index >= 15 is 0 Å². The number of hydrogen-bond donors (Lipinski definition) is 2. The Balaban J connectivity index is 1.44. The van der Waals surface area contributed by atoms with Crippen LogP contribution in [-0.4, -0.2) is 37.1 Å². The zero-order chi connectivity index (χ0) is 24.8. The quantitative estimate of drug-likeness (QED) is 0.210. The Labute approximate surface area is 204 Å². The Kier molecular flexibility index (Phi) is 7.24. The van der Waals surface area contributed by atoms with Crippen molar-refractivity contribution in [2.45, 2.75) is 25.3 Å². The molecule has 0 aliphatic carbocycles. The van der Waals surface area contributed by atoms with Gasteiger partial charge in [-0.1, -0.05) is 29.0 Å². The lowest BCUT2D eigenvalue weighted by Crippen LogP contribution is -2.25. The second-order valence-corrected chi connectivity index (χ2v) is 8.84. The molecule has 0 bridgehead atoms. The molecule has 0 radical (unpaired) electrons. The number of thioether (sulfide) groups is 1. The summed E-state index contributed by atoms with van der Waals surface area (Å²) >= 11 is 0.986. The summed E-state index contributed by atoms with van der Waals surface area (Å²) in [7, 11) is 0. The molecule has 1 fully saturated rings. The summed E-state index contributed by atoms with van der Waals surface area (Å²) in [6.45, 7) is 1.79. The van der Waals surface area contributed by atoms with Gasteiger partial charge in [0.15, 0.2) is 0 Å². The summed E-state index contributed by atoms with van der Waals surface area (Å²) in [6.07, 6.45) is 8.88. The molecule has 1 aliphatic heterocycles. The highest BCUT2D eigenvalue weighted by molar-refractivity contribution is 8.15. The van der Waals surface area contributed by atoms with Crippen molar-refractivity contribution in [3.63, 3.8) is 0 Å². The molecule has 2 aromatic heterocycles. The first kappa shape index (κ1) is 23.7. The molecule has 3 aromatic rings. The molecule has 1 atom stereocenters. The highest BCUT2D eigenvalue weighted by Crippen LogP contribution is 2.26. The van der Waals surface area contributed by atoms with Crippen LogP contribution in [0, 0.1) is 0 Å². The minimum Gasteiger partial charge on any atom is -0.322 e. The molecule has 4 rings (SSSR count). The first-order valence-corrected chi connectivity index (χ1v) is 11.4. The number of aromatic nitrogens is 3. The van der Waals surface area contributed by atoms with Gasteiger partial charge < -0.3 is 5.32 Å². The van der Waals surface area contributed by atoms with E-state index in [9.17, 15) is 14.4 Å². The summed E-state index contributed by atoms with van der Waals surface area (Å²) in [4.78, 5) is 42.7. The van der Waals surface area contributed by atoms with Crippen LogP contribution in [0.3, 0.4) is 0 Å². The fraction of sp³-hybridized carbons (Fsp3) is 0.174. The number of imide groups is 1. The van der Waals surface area contributed by atoms with E-state index in [4.69, 9.17) is 5.53 Å². The molecule has 3 amide bonds. The fourth-order valence-corrected chi connectivity index (χ4v) is 4.31. The Hall–Kier alpha value is -4.41. The maximum absolute atomic E-state index is 12.8. The molecule has 1 saturated heterocycles. The van der Waals surface area contributed by atoms with E-state index in [1.54, 1.807) is 49.9 Å². The number of carbonyl (C=O) groups is 3. The van der Waals surface area contributed by atoms with Crippen LogP contribution in [-0.2, 0) is 22.7 Å². The summed E-state index contributed by atoms with van der Waals surface area (Å²) in [5.74, 6) is -0.557. The zero-order valence-corrected chi connectivity index (χ0v) is 19.4. The minimum absolute atomic E-state index is 0.0811. The van der Waals surface area contributed by atoms with Crippen LogP contribution < -0.4 is 10.6 Å². The molecule has 3 heterocycles. The van der Waals surface area contributed by atoms with E-state index in [-0.39, 0.29) is 23.7 Å². The molecule has 12 heteroatoms. The molecule has 1 aliphatic rings. The molecular weight excluding hydrogens is 468 g/mol. The van der Waals surface area contributed by atoms with Crippen LogP contribution in [0.4, 0.5) is 10.5 Å². The SMILES string of the molecule is C/C(=C\c1cnccc1-c1cnn(CN=[N+]=[N-])c1)C(=O)Nc1ccc(CC2SC(=O)NC2=O)cc1.